The Morgan fingerprint density at radius 1 is 0.430 bits per heavy atom. The number of hydrogen-bond donors (Lipinski definition) is 3. The number of halogens is 2. The average Bonchev–Trinajstić information content (AvgIpc) is 3.33. The van der Waals surface area contributed by atoms with Gasteiger partial charge in [0.05, 0.1) is 0 Å². The van der Waals surface area contributed by atoms with Crippen LogP contribution in [-0.4, -0.2) is 360 Å². The molecule has 0 aromatic carbocycles. The highest BCUT2D eigenvalue weighted by molar-refractivity contribution is 9.10. The molecule has 0 amide bonds. The van der Waals surface area contributed by atoms with Gasteiger partial charge in [-0.3, -0.25) is 19.6 Å². The molecule has 0 fully saturated rings. The summed E-state index contributed by atoms with van der Waals surface area (Å²) < 4.78 is 1.67. The summed E-state index contributed by atoms with van der Waals surface area (Å²) in [4.78, 5) is 44.3. The molecule has 0 saturated carbocycles. The lowest BCUT2D eigenvalue weighted by Crippen LogP contribution is -2.93. The molecular formula is C24H26B44Br2N3O6. The third-order valence-corrected chi connectivity index (χ3v) is 13.9. The van der Waals surface area contributed by atoms with Crippen LogP contribution in [0.3, 0.4) is 0 Å². The molecule has 3 rings (SSSR count). The van der Waals surface area contributed by atoms with Crippen LogP contribution in [0.4, 0.5) is 0 Å². The molecule has 3 heterocycles. The minimum absolute atomic E-state index is 0.0218. The number of aromatic nitrogens is 3. The molecule has 0 aliphatic heterocycles. The SMILES string of the molecule is CCCC(=O)c1ccc(B(O)O)cn1.CCCC(=O)c1ccc(Br)cn1.O=C(O)c1ccc(Br)cn1.[B][B]B([B])B(B(B([B])[B])B([B])[B])B(B(B(B([B])[B])B([B])[B])B(B([B])[B])B([B])[B])B(B(B([B])[B])B([B])[B])B(B([B])[B])B([B])[B]. The zero-order valence-electron chi connectivity index (χ0n) is 44.6. The summed E-state index contributed by atoms with van der Waals surface area (Å²) in [7, 11) is 138. The Kier molecular flexibility index (Phi) is 40.4. The molecule has 3 aromatic rings. The van der Waals surface area contributed by atoms with E-state index >= 15 is 0 Å². The number of rotatable bonds is 28. The number of aromatic carboxylic acids is 1. The molecule has 0 spiro atoms. The fourth-order valence-electron chi connectivity index (χ4n) is 9.53. The molecule has 0 atom stereocenters. The number of pyridine rings is 3. The summed E-state index contributed by atoms with van der Waals surface area (Å²) in [6.07, 6.45) is -16.1. The van der Waals surface area contributed by atoms with E-state index in [-0.39, 0.29) is 22.7 Å². The van der Waals surface area contributed by atoms with Crippen LogP contribution in [0, 0.1) is 0 Å². The highest BCUT2D eigenvalue weighted by Crippen LogP contribution is 2.20. The molecule has 319 valence electrons. The van der Waals surface area contributed by atoms with Gasteiger partial charge >= 0.3 is 13.1 Å². The van der Waals surface area contributed by atoms with Crippen LogP contribution in [0.5, 0.6) is 0 Å². The van der Waals surface area contributed by atoms with E-state index in [4.69, 9.17) is 185 Å². The summed E-state index contributed by atoms with van der Waals surface area (Å²) >= 11 is 6.40. The molecule has 79 heavy (non-hydrogen) atoms. The van der Waals surface area contributed by atoms with Gasteiger partial charge in [0.1, 0.15) is 17.1 Å². The Morgan fingerprint density at radius 2 is 0.696 bits per heavy atom. The lowest BCUT2D eigenvalue weighted by molar-refractivity contribution is 0.0690. The van der Waals surface area contributed by atoms with E-state index in [0.717, 1.165) is 21.8 Å². The summed E-state index contributed by atoms with van der Waals surface area (Å²) in [6, 6.07) is 9.63. The normalized spacial score (nSPS) is 9.65. The summed E-state index contributed by atoms with van der Waals surface area (Å²) in [6.45, 7) is 3.90. The predicted octanol–water partition coefficient (Wildman–Crippen LogP) is -12.3. The van der Waals surface area contributed by atoms with Crippen molar-refractivity contribution >= 4 is 367 Å². The van der Waals surface area contributed by atoms with Crippen molar-refractivity contribution in [1.82, 2.24) is 15.0 Å². The average molecular weight is 1090 g/mol. The molecule has 0 aliphatic rings. The van der Waals surface area contributed by atoms with Crippen molar-refractivity contribution in [2.45, 2.75) is 39.5 Å². The predicted molar refractivity (Wildman–Crippen MR) is 391 cm³/mol. The number of carbonyl (C=O) groups is 3. The summed E-state index contributed by atoms with van der Waals surface area (Å²) in [5, 5.41) is 26.0. The number of carboxylic acids is 1. The van der Waals surface area contributed by atoms with Crippen LogP contribution in [0.15, 0.2) is 63.9 Å². The topological polar surface area (TPSA) is 151 Å². The second-order valence-electron chi connectivity index (χ2n) is 19.0. The van der Waals surface area contributed by atoms with Gasteiger partial charge in [-0.2, -0.15) is 0 Å². The van der Waals surface area contributed by atoms with E-state index in [2.05, 4.69) is 46.8 Å². The van der Waals surface area contributed by atoms with E-state index in [1.807, 2.05) is 19.9 Å². The molecule has 55 heteroatoms. The Labute approximate surface area is 527 Å². The zero-order valence-corrected chi connectivity index (χ0v) is 47.8. The standard InChI is InChI=1S/C9H12BNO3.C9H10BrNO.C6H4BrNO2.B43/c1-2-3-9(12)8-5-4-7(6-11-8)10(13)14;1-2-3-9(12)8-5-4-7(10)6-11-8;7-4-1-2-5(6(9)10)8-3-4;1-23-34(22)40(35(24(2)3)25(4)5)43(41(36(26(6)7)27(8)9)37(28(10)11)29(12)13)42(38(30(14)15)31(16)17)39(32(18)19)33(20)21/h4-6,13-14H,2-3H2,1H3;4-6H,2-3H2,1H3;1-3H,(H,9,10);. The van der Waals surface area contributed by atoms with Crippen molar-refractivity contribution in [2.75, 3.05) is 0 Å². The van der Waals surface area contributed by atoms with E-state index in [1.165, 1.54) is 37.7 Å². The van der Waals surface area contributed by atoms with Gasteiger partial charge in [0.15, 0.2) is 11.6 Å². The third-order valence-electron chi connectivity index (χ3n) is 13.0. The lowest BCUT2D eigenvalue weighted by Gasteiger charge is -2.55. The number of nitrogens with zero attached hydrogens (tertiary/aromatic N) is 3. The van der Waals surface area contributed by atoms with Crippen LogP contribution in [0.1, 0.15) is 71.0 Å². The van der Waals surface area contributed by atoms with Gasteiger partial charge < -0.3 is 15.2 Å². The fourth-order valence-corrected chi connectivity index (χ4v) is 10.0. The first kappa shape index (κ1) is 79.0. The lowest BCUT2D eigenvalue weighted by atomic mass is 8.26. The van der Waals surface area contributed by atoms with Crippen molar-refractivity contribution in [3.05, 3.63) is 81.0 Å². The minimum atomic E-state index is -1.53. The highest BCUT2D eigenvalue weighted by Gasteiger charge is 2.58. The quantitative estimate of drug-likeness (QED) is 0.0477. The Morgan fingerprint density at radius 3 is 0.911 bits per heavy atom. The van der Waals surface area contributed by atoms with Crippen LogP contribution in [-0.2, 0) is 0 Å². The van der Waals surface area contributed by atoms with Crippen molar-refractivity contribution < 1.29 is 29.5 Å². The fraction of sp³-hybridized carbons (Fsp3) is 0.250. The molecule has 0 saturated heterocycles. The number of carboxylic acid groups (broad SMARTS) is 1. The summed E-state index contributed by atoms with van der Waals surface area (Å²) in [5.74, 6) is -0.913. The van der Waals surface area contributed by atoms with Crippen LogP contribution in [0.2, 0.25) is 0 Å². The van der Waals surface area contributed by atoms with Crippen molar-refractivity contribution in [2.24, 2.45) is 0 Å². The Bertz CT molecular complexity index is 2060. The first-order valence-electron chi connectivity index (χ1n) is 24.9. The number of Topliss-reactive ketones (excluding diaryl/α,β-unsaturated/α-hetero) is 2. The van der Waals surface area contributed by atoms with Crippen molar-refractivity contribution in [1.29, 1.82) is 0 Å². The monoisotopic (exact) mass is 1090 g/mol. The van der Waals surface area contributed by atoms with Crippen LogP contribution < -0.4 is 5.46 Å². The second kappa shape index (κ2) is 40.4. The van der Waals surface area contributed by atoms with E-state index in [0.29, 0.717) is 24.2 Å². The van der Waals surface area contributed by atoms with Gasteiger partial charge in [0, 0.05) is 351 Å². The number of ketones is 2. The first-order chi connectivity index (χ1) is 36.7. The highest BCUT2D eigenvalue weighted by atomic mass is 79.9. The summed E-state index contributed by atoms with van der Waals surface area (Å²) in [5.41, 5.74) is 1.28. The first-order valence-corrected chi connectivity index (χ1v) is 26.5. The minimum Gasteiger partial charge on any atom is -0.477 e. The van der Waals surface area contributed by atoms with E-state index in [1.54, 1.807) is 18.3 Å². The van der Waals surface area contributed by atoms with Gasteiger partial charge in [-0.05, 0) is 75.0 Å². The smallest absolute Gasteiger partial charge is 0.477 e. The molecular weight excluding hydrogens is 1060 g/mol. The van der Waals surface area contributed by atoms with Gasteiger partial charge in [0.25, 0.3) is 0 Å². The third kappa shape index (κ3) is 26.7. The molecule has 3 N–H and O–H groups in total. The molecule has 0 bridgehead atoms. The zero-order chi connectivity index (χ0) is 61.3. The van der Waals surface area contributed by atoms with Crippen LogP contribution in [0.25, 0.3) is 0 Å². The maximum atomic E-state index is 11.3. The Balaban J connectivity index is 0.00000133. The second-order valence-corrected chi connectivity index (χ2v) is 20.8. The van der Waals surface area contributed by atoms with Gasteiger partial charge in [-0.25, -0.2) is 9.78 Å². The van der Waals surface area contributed by atoms with Gasteiger partial charge in [0.2, 0.25) is 0 Å². The number of carbonyl (C=O) groups excluding carboxylic acids is 2. The van der Waals surface area contributed by atoms with Gasteiger partial charge in [-0.15, -0.1) is 0 Å². The maximum absolute atomic E-state index is 11.3. The van der Waals surface area contributed by atoms with E-state index < -0.39 is 141 Å². The van der Waals surface area contributed by atoms with E-state index in [9.17, 15) is 14.4 Å². The van der Waals surface area contributed by atoms with Crippen molar-refractivity contribution in [3.63, 3.8) is 0 Å². The van der Waals surface area contributed by atoms with Crippen molar-refractivity contribution in [3.8, 4) is 0 Å². The molecule has 0 unspecified atom stereocenters. The van der Waals surface area contributed by atoms with Gasteiger partial charge in [-0.1, -0.05) is 19.9 Å². The van der Waals surface area contributed by atoms with Crippen LogP contribution >= 0.6 is 31.9 Å². The Hall–Kier alpha value is -0.00286. The number of hydrogen-bond acceptors (Lipinski definition) is 8. The largest absolute Gasteiger partial charge is 0.490 e. The molecule has 9 nitrogen and oxygen atoms in total. The maximum Gasteiger partial charge on any atom is 0.490 e. The molecule has 3 aromatic heterocycles. The molecule has 0 aliphatic carbocycles. The molecule has 45 radical (unpaired) electrons.